The van der Waals surface area contributed by atoms with Gasteiger partial charge in [0.05, 0.1) is 11.9 Å². The molecule has 1 atom stereocenters. The van der Waals surface area contributed by atoms with Crippen LogP contribution in [0, 0.1) is 0 Å². The number of carbonyl (C=O) groups excluding carboxylic acids is 2. The predicted octanol–water partition coefficient (Wildman–Crippen LogP) is 4.20. The Bertz CT molecular complexity index is 1310. The van der Waals surface area contributed by atoms with Gasteiger partial charge in [0.25, 0.3) is 0 Å². The highest BCUT2D eigenvalue weighted by atomic mass is 35.5. The Labute approximate surface area is 216 Å². The summed E-state index contributed by atoms with van der Waals surface area (Å²) < 4.78 is 26.0. The van der Waals surface area contributed by atoms with Gasteiger partial charge in [0.15, 0.2) is 0 Å². The maximum atomic E-state index is 13.1. The van der Waals surface area contributed by atoms with Gasteiger partial charge in [-0.15, -0.1) is 0 Å². The Balaban J connectivity index is 1.70. The van der Waals surface area contributed by atoms with Crippen molar-refractivity contribution in [1.29, 1.82) is 0 Å². The third-order valence-corrected chi connectivity index (χ3v) is 6.23. The van der Waals surface area contributed by atoms with E-state index in [-0.39, 0.29) is 11.1 Å². The Kier molecular flexibility index (Phi) is 8.89. The fraction of sp³-hybridized carbons (Fsp3) is 0.240. The standard InChI is InChI=1S/C25H28ClN5O4S/c1-17(10-15-23(26)27-2)28-25(33)29-22-9-6-16-31(24(22)32)19-13-11-18(12-14-19)20-7-4-5-8-21(20)30-36(3,34)35/h4-5,7-8,10-15,22,30H,2,6,9,16H2,1,3H3,(H2,28,29,33)/b17-10+,23-15-/t22-/m1/s1. The quantitative estimate of drug-likeness (QED) is 0.269. The molecule has 3 N–H and O–H groups in total. The number of sulfonamides is 1. The number of hydrogen-bond donors (Lipinski definition) is 3. The van der Waals surface area contributed by atoms with Crippen LogP contribution in [0.25, 0.3) is 11.1 Å². The van der Waals surface area contributed by atoms with Gasteiger partial charge >= 0.3 is 6.03 Å². The number of para-hydroxylation sites is 1. The molecule has 2 aromatic carbocycles. The van der Waals surface area contributed by atoms with Crippen LogP contribution in [0.3, 0.4) is 0 Å². The van der Waals surface area contributed by atoms with E-state index in [9.17, 15) is 18.0 Å². The van der Waals surface area contributed by atoms with Crippen molar-refractivity contribution in [2.75, 3.05) is 22.4 Å². The van der Waals surface area contributed by atoms with Gasteiger partial charge in [-0.25, -0.2) is 13.2 Å². The molecule has 1 aliphatic rings. The molecule has 0 bridgehead atoms. The molecule has 2 aromatic rings. The fourth-order valence-electron chi connectivity index (χ4n) is 3.77. The summed E-state index contributed by atoms with van der Waals surface area (Å²) in [5, 5.41) is 5.58. The molecule has 190 valence electrons. The van der Waals surface area contributed by atoms with Crippen molar-refractivity contribution in [3.05, 3.63) is 71.5 Å². The summed E-state index contributed by atoms with van der Waals surface area (Å²) in [4.78, 5) is 30.7. The van der Waals surface area contributed by atoms with E-state index < -0.39 is 22.1 Å². The molecule has 3 amide bonds. The van der Waals surface area contributed by atoms with E-state index in [2.05, 4.69) is 27.1 Å². The molecule has 1 saturated heterocycles. The zero-order valence-corrected chi connectivity index (χ0v) is 21.6. The lowest BCUT2D eigenvalue weighted by Crippen LogP contribution is -2.54. The minimum Gasteiger partial charge on any atom is -0.326 e. The highest BCUT2D eigenvalue weighted by Crippen LogP contribution is 2.31. The molecule has 0 radical (unpaired) electrons. The minimum absolute atomic E-state index is 0.191. The Morgan fingerprint density at radius 2 is 1.86 bits per heavy atom. The number of nitrogens with one attached hydrogen (secondary N) is 3. The Morgan fingerprint density at radius 1 is 1.17 bits per heavy atom. The summed E-state index contributed by atoms with van der Waals surface area (Å²) in [5.41, 5.74) is 3.21. The van der Waals surface area contributed by atoms with E-state index in [0.717, 1.165) is 23.8 Å². The van der Waals surface area contributed by atoms with Crippen LogP contribution in [0.2, 0.25) is 0 Å². The molecular formula is C25H28ClN5O4S. The van der Waals surface area contributed by atoms with Gasteiger partial charge in [-0.1, -0.05) is 41.9 Å². The lowest BCUT2D eigenvalue weighted by atomic mass is 10.0. The number of nitrogens with zero attached hydrogens (tertiary/aromatic N) is 2. The first-order chi connectivity index (χ1) is 17.1. The van der Waals surface area contributed by atoms with Gasteiger partial charge in [0.2, 0.25) is 15.9 Å². The van der Waals surface area contributed by atoms with Crippen molar-refractivity contribution < 1.29 is 18.0 Å². The first-order valence-electron chi connectivity index (χ1n) is 11.1. The number of carbonyl (C=O) groups is 2. The zero-order chi connectivity index (χ0) is 26.3. The van der Waals surface area contributed by atoms with Crippen LogP contribution in [0.5, 0.6) is 0 Å². The molecule has 0 unspecified atom stereocenters. The largest absolute Gasteiger partial charge is 0.326 e. The lowest BCUT2D eigenvalue weighted by molar-refractivity contribution is -0.121. The highest BCUT2D eigenvalue weighted by molar-refractivity contribution is 7.92. The Hall–Kier alpha value is -3.63. The second-order valence-electron chi connectivity index (χ2n) is 8.25. The summed E-state index contributed by atoms with van der Waals surface area (Å²) in [5.74, 6) is -0.205. The normalized spacial score (nSPS) is 16.9. The van der Waals surface area contributed by atoms with E-state index in [1.807, 2.05) is 36.4 Å². The van der Waals surface area contributed by atoms with Crippen LogP contribution in [0.4, 0.5) is 16.2 Å². The second kappa shape index (κ2) is 11.9. The van der Waals surface area contributed by atoms with Gasteiger partial charge in [0.1, 0.15) is 11.2 Å². The highest BCUT2D eigenvalue weighted by Gasteiger charge is 2.30. The first kappa shape index (κ1) is 27.0. The zero-order valence-electron chi connectivity index (χ0n) is 20.0. The second-order valence-corrected chi connectivity index (χ2v) is 10.4. The molecule has 0 aromatic heterocycles. The van der Waals surface area contributed by atoms with Crippen molar-refractivity contribution in [3.63, 3.8) is 0 Å². The summed E-state index contributed by atoms with van der Waals surface area (Å²) >= 11 is 5.75. The maximum Gasteiger partial charge on any atom is 0.319 e. The SMILES string of the molecule is C=N/C(Cl)=C\C=C(/C)NC(=O)N[C@@H]1CCCN(c2ccc(-c3ccccc3NS(C)(=O)=O)cc2)C1=O. The number of allylic oxidation sites excluding steroid dienone is 3. The fourth-order valence-corrected chi connectivity index (χ4v) is 4.41. The van der Waals surface area contributed by atoms with Gasteiger partial charge in [0, 0.05) is 23.5 Å². The topological polar surface area (TPSA) is 120 Å². The van der Waals surface area contributed by atoms with Crippen LogP contribution < -0.4 is 20.3 Å². The lowest BCUT2D eigenvalue weighted by Gasteiger charge is -2.32. The van der Waals surface area contributed by atoms with Crippen molar-refractivity contribution in [2.24, 2.45) is 4.99 Å². The molecule has 1 fully saturated rings. The maximum absolute atomic E-state index is 13.1. The smallest absolute Gasteiger partial charge is 0.319 e. The van der Waals surface area contributed by atoms with E-state index in [1.54, 1.807) is 30.0 Å². The van der Waals surface area contributed by atoms with Gasteiger partial charge in [-0.05, 0) is 62.4 Å². The number of benzene rings is 2. The van der Waals surface area contributed by atoms with Crippen LogP contribution in [0.1, 0.15) is 19.8 Å². The van der Waals surface area contributed by atoms with Crippen molar-refractivity contribution in [2.45, 2.75) is 25.8 Å². The van der Waals surface area contributed by atoms with Crippen LogP contribution >= 0.6 is 11.6 Å². The summed E-state index contributed by atoms with van der Waals surface area (Å²) in [6.07, 6.45) is 5.43. The number of amides is 3. The summed E-state index contributed by atoms with van der Waals surface area (Å²) in [6.45, 7) is 5.52. The number of urea groups is 1. The average molecular weight is 530 g/mol. The number of aliphatic imine (C=N–C) groups is 1. The molecule has 11 heteroatoms. The molecule has 0 spiro atoms. The van der Waals surface area contributed by atoms with E-state index in [1.165, 1.54) is 6.08 Å². The summed E-state index contributed by atoms with van der Waals surface area (Å²) in [7, 11) is -3.43. The number of hydrogen-bond acceptors (Lipinski definition) is 5. The Morgan fingerprint density at radius 3 is 2.53 bits per heavy atom. The number of piperidine rings is 1. The average Bonchev–Trinajstić information content (AvgIpc) is 2.83. The third kappa shape index (κ3) is 7.43. The number of halogens is 1. The van der Waals surface area contributed by atoms with Crippen LogP contribution in [-0.2, 0) is 14.8 Å². The minimum atomic E-state index is -3.43. The number of rotatable bonds is 8. The molecule has 0 aliphatic carbocycles. The van der Waals surface area contributed by atoms with E-state index >= 15 is 0 Å². The van der Waals surface area contributed by atoms with Crippen molar-refractivity contribution in [1.82, 2.24) is 10.6 Å². The van der Waals surface area contributed by atoms with Crippen molar-refractivity contribution in [3.8, 4) is 11.1 Å². The monoisotopic (exact) mass is 529 g/mol. The summed E-state index contributed by atoms with van der Waals surface area (Å²) in [6, 6.07) is 13.2. The van der Waals surface area contributed by atoms with E-state index in [4.69, 9.17) is 11.6 Å². The number of anilines is 2. The van der Waals surface area contributed by atoms with Gasteiger partial charge < -0.3 is 15.5 Å². The van der Waals surface area contributed by atoms with Gasteiger partial charge in [-0.3, -0.25) is 14.5 Å². The molecule has 1 aliphatic heterocycles. The molecule has 9 nitrogen and oxygen atoms in total. The van der Waals surface area contributed by atoms with Crippen molar-refractivity contribution >= 4 is 51.7 Å². The molecule has 1 heterocycles. The first-order valence-corrected chi connectivity index (χ1v) is 13.4. The van der Waals surface area contributed by atoms with Crippen LogP contribution in [-0.4, -0.2) is 45.9 Å². The van der Waals surface area contributed by atoms with Gasteiger partial charge in [-0.2, -0.15) is 0 Å². The molecule has 0 saturated carbocycles. The van der Waals surface area contributed by atoms with Crippen LogP contribution in [0.15, 0.2) is 76.5 Å². The molecular weight excluding hydrogens is 502 g/mol. The predicted molar refractivity (Wildman–Crippen MR) is 145 cm³/mol. The molecule has 36 heavy (non-hydrogen) atoms. The third-order valence-electron chi connectivity index (χ3n) is 5.39. The molecule has 3 rings (SSSR count). The van der Waals surface area contributed by atoms with E-state index in [0.29, 0.717) is 30.0 Å².